The topological polar surface area (TPSA) is 33.3 Å². The van der Waals surface area contributed by atoms with Crippen LogP contribution >= 0.6 is 0 Å². The summed E-state index contributed by atoms with van der Waals surface area (Å²) in [6, 6.07) is 7.55. The maximum atomic E-state index is 12.0. The van der Waals surface area contributed by atoms with E-state index in [9.17, 15) is 8.78 Å². The number of anilines is 1. The van der Waals surface area contributed by atoms with E-state index in [-0.39, 0.29) is 5.75 Å². The zero-order valence-corrected chi connectivity index (χ0v) is 11.0. The van der Waals surface area contributed by atoms with Crippen LogP contribution in [0.2, 0.25) is 0 Å². The predicted octanol–water partition coefficient (Wildman–Crippen LogP) is 3.23. The molecule has 19 heavy (non-hydrogen) atoms. The Labute approximate surface area is 112 Å². The summed E-state index contributed by atoms with van der Waals surface area (Å²) < 4.78 is 28.3. The first-order chi connectivity index (χ1) is 9.13. The Kier molecular flexibility index (Phi) is 4.96. The lowest BCUT2D eigenvalue weighted by Crippen LogP contribution is -2.29. The van der Waals surface area contributed by atoms with Gasteiger partial charge in [0, 0.05) is 17.8 Å². The van der Waals surface area contributed by atoms with Crippen molar-refractivity contribution in [2.45, 2.75) is 44.9 Å². The summed E-state index contributed by atoms with van der Waals surface area (Å²) in [5.41, 5.74) is 0.923. The van der Waals surface area contributed by atoms with E-state index in [0.717, 1.165) is 18.7 Å². The Hall–Kier alpha value is -1.36. The number of alkyl halides is 2. The third-order valence-corrected chi connectivity index (χ3v) is 3.29. The normalized spacial score (nSPS) is 20.5. The minimum atomic E-state index is -2.77. The van der Waals surface area contributed by atoms with Gasteiger partial charge in [-0.05, 0) is 57.0 Å². The second kappa shape index (κ2) is 6.70. The Morgan fingerprint density at radius 3 is 2.68 bits per heavy atom. The molecule has 0 saturated carbocycles. The fourth-order valence-electron chi connectivity index (χ4n) is 2.46. The molecule has 2 rings (SSSR count). The molecule has 2 atom stereocenters. The van der Waals surface area contributed by atoms with Crippen LogP contribution in [-0.2, 0) is 0 Å². The van der Waals surface area contributed by atoms with Crippen LogP contribution < -0.4 is 15.4 Å². The van der Waals surface area contributed by atoms with Gasteiger partial charge < -0.3 is 15.4 Å². The van der Waals surface area contributed by atoms with E-state index >= 15 is 0 Å². The van der Waals surface area contributed by atoms with Gasteiger partial charge in [0.05, 0.1) is 0 Å². The smallest absolute Gasteiger partial charge is 0.387 e. The highest BCUT2D eigenvalue weighted by Crippen LogP contribution is 2.19. The van der Waals surface area contributed by atoms with Crippen LogP contribution in [0.25, 0.3) is 0 Å². The van der Waals surface area contributed by atoms with Crippen molar-refractivity contribution in [3.05, 3.63) is 24.3 Å². The molecule has 0 radical (unpaired) electrons. The van der Waals surface area contributed by atoms with Gasteiger partial charge in [-0.3, -0.25) is 0 Å². The van der Waals surface area contributed by atoms with Crippen molar-refractivity contribution in [2.24, 2.45) is 0 Å². The monoisotopic (exact) mass is 270 g/mol. The third kappa shape index (κ3) is 4.67. The minimum absolute atomic E-state index is 0.186. The summed E-state index contributed by atoms with van der Waals surface area (Å²) >= 11 is 0. The van der Waals surface area contributed by atoms with Gasteiger partial charge in [0.1, 0.15) is 5.75 Å². The Balaban J connectivity index is 1.81. The minimum Gasteiger partial charge on any atom is -0.435 e. The van der Waals surface area contributed by atoms with Gasteiger partial charge in [-0.2, -0.15) is 8.78 Å². The van der Waals surface area contributed by atoms with Crippen molar-refractivity contribution in [1.82, 2.24) is 5.32 Å². The van der Waals surface area contributed by atoms with Gasteiger partial charge in [-0.15, -0.1) is 0 Å². The Bertz CT molecular complexity index is 378. The van der Waals surface area contributed by atoms with Crippen LogP contribution in [-0.4, -0.2) is 25.2 Å². The van der Waals surface area contributed by atoms with E-state index in [1.54, 1.807) is 24.3 Å². The summed E-state index contributed by atoms with van der Waals surface area (Å²) in [6.45, 7) is 0.465. The highest BCUT2D eigenvalue weighted by atomic mass is 19.3. The first-order valence-corrected chi connectivity index (χ1v) is 6.68. The first-order valence-electron chi connectivity index (χ1n) is 6.68. The van der Waals surface area contributed by atoms with Gasteiger partial charge in [0.2, 0.25) is 0 Å². The lowest BCUT2D eigenvalue weighted by atomic mass is 10.1. The molecule has 1 heterocycles. The third-order valence-electron chi connectivity index (χ3n) is 3.29. The average Bonchev–Trinajstić information content (AvgIpc) is 2.83. The van der Waals surface area contributed by atoms with Crippen molar-refractivity contribution in [3.63, 3.8) is 0 Å². The average molecular weight is 270 g/mol. The number of benzene rings is 1. The van der Waals surface area contributed by atoms with E-state index in [0.29, 0.717) is 12.1 Å². The molecule has 0 spiro atoms. The molecular weight excluding hydrogens is 250 g/mol. The number of hydrogen-bond donors (Lipinski definition) is 2. The van der Waals surface area contributed by atoms with E-state index in [1.165, 1.54) is 12.8 Å². The first kappa shape index (κ1) is 14.1. The van der Waals surface area contributed by atoms with Gasteiger partial charge in [0.15, 0.2) is 0 Å². The van der Waals surface area contributed by atoms with Crippen LogP contribution in [0.3, 0.4) is 0 Å². The van der Waals surface area contributed by atoms with Gasteiger partial charge in [0.25, 0.3) is 0 Å². The summed E-state index contributed by atoms with van der Waals surface area (Å²) in [5.74, 6) is 0.186. The molecule has 1 aromatic rings. The molecule has 1 aliphatic heterocycles. The molecule has 106 valence electrons. The molecule has 3 nitrogen and oxygen atoms in total. The number of ether oxygens (including phenoxy) is 1. The van der Waals surface area contributed by atoms with Crippen LogP contribution in [0.1, 0.15) is 26.2 Å². The van der Waals surface area contributed by atoms with Crippen molar-refractivity contribution < 1.29 is 13.5 Å². The van der Waals surface area contributed by atoms with Gasteiger partial charge in [-0.1, -0.05) is 0 Å². The molecule has 0 aliphatic carbocycles. The summed E-state index contributed by atoms with van der Waals surface area (Å²) in [5, 5.41) is 6.83. The SMILES string of the molecule is CC(CC1CCCN1)Nc1ccc(OC(F)F)cc1. The predicted molar refractivity (Wildman–Crippen MR) is 71.8 cm³/mol. The zero-order valence-electron chi connectivity index (χ0n) is 11.0. The van der Waals surface area contributed by atoms with Crippen molar-refractivity contribution in [1.29, 1.82) is 0 Å². The highest BCUT2D eigenvalue weighted by Gasteiger charge is 2.16. The van der Waals surface area contributed by atoms with Crippen LogP contribution in [0.5, 0.6) is 5.75 Å². The van der Waals surface area contributed by atoms with Gasteiger partial charge >= 0.3 is 6.61 Å². The van der Waals surface area contributed by atoms with Crippen molar-refractivity contribution in [2.75, 3.05) is 11.9 Å². The zero-order chi connectivity index (χ0) is 13.7. The molecular formula is C14H20F2N2O. The molecule has 1 saturated heterocycles. The maximum absolute atomic E-state index is 12.0. The molecule has 1 aliphatic rings. The number of halogens is 2. The summed E-state index contributed by atoms with van der Waals surface area (Å²) in [6.07, 6.45) is 3.54. The molecule has 2 unspecified atom stereocenters. The Morgan fingerprint density at radius 1 is 1.37 bits per heavy atom. The largest absolute Gasteiger partial charge is 0.435 e. The Morgan fingerprint density at radius 2 is 2.11 bits per heavy atom. The fourth-order valence-corrected chi connectivity index (χ4v) is 2.46. The molecule has 2 N–H and O–H groups in total. The lowest BCUT2D eigenvalue weighted by Gasteiger charge is -2.19. The number of nitrogens with one attached hydrogen (secondary N) is 2. The van der Waals surface area contributed by atoms with Crippen LogP contribution in [0, 0.1) is 0 Å². The summed E-state index contributed by atoms with van der Waals surface area (Å²) in [4.78, 5) is 0. The standard InChI is InChI=1S/C14H20F2N2O/c1-10(9-12-3-2-8-17-12)18-11-4-6-13(7-5-11)19-14(15)16/h4-7,10,12,14,17-18H,2-3,8-9H2,1H3. The van der Waals surface area contributed by atoms with Crippen molar-refractivity contribution in [3.8, 4) is 5.75 Å². The van der Waals surface area contributed by atoms with E-state index in [1.807, 2.05) is 0 Å². The van der Waals surface area contributed by atoms with E-state index in [4.69, 9.17) is 0 Å². The van der Waals surface area contributed by atoms with E-state index < -0.39 is 6.61 Å². The molecule has 1 fully saturated rings. The second-order valence-corrected chi connectivity index (χ2v) is 4.98. The number of hydrogen-bond acceptors (Lipinski definition) is 3. The molecule has 0 amide bonds. The lowest BCUT2D eigenvalue weighted by molar-refractivity contribution is -0.0498. The van der Waals surface area contributed by atoms with Gasteiger partial charge in [-0.25, -0.2) is 0 Å². The number of rotatable bonds is 6. The fraction of sp³-hybridized carbons (Fsp3) is 0.571. The summed E-state index contributed by atoms with van der Waals surface area (Å²) in [7, 11) is 0. The van der Waals surface area contributed by atoms with Crippen LogP contribution in [0.4, 0.5) is 14.5 Å². The quantitative estimate of drug-likeness (QED) is 0.832. The maximum Gasteiger partial charge on any atom is 0.387 e. The van der Waals surface area contributed by atoms with Crippen LogP contribution in [0.15, 0.2) is 24.3 Å². The molecule has 1 aromatic carbocycles. The second-order valence-electron chi connectivity index (χ2n) is 4.98. The van der Waals surface area contributed by atoms with E-state index in [2.05, 4.69) is 22.3 Å². The molecule has 5 heteroatoms. The molecule has 0 aromatic heterocycles. The highest BCUT2D eigenvalue weighted by molar-refractivity contribution is 5.47. The molecule has 0 bridgehead atoms. The van der Waals surface area contributed by atoms with Crippen molar-refractivity contribution >= 4 is 5.69 Å².